The molecule has 1 atom stereocenters. The summed E-state index contributed by atoms with van der Waals surface area (Å²) in [6.45, 7) is 4.54. The van der Waals surface area contributed by atoms with Crippen LogP contribution < -0.4 is 4.72 Å². The smallest absolute Gasteiger partial charge is 0.307 e. The fourth-order valence-electron chi connectivity index (χ4n) is 2.34. The Morgan fingerprint density at radius 3 is 2.39 bits per heavy atom. The number of hydrogen-bond acceptors (Lipinski definition) is 4. The number of halogens is 2. The molecule has 0 bridgehead atoms. The molecule has 2 N–H and O–H groups in total. The predicted molar refractivity (Wildman–Crippen MR) is 78.7 cm³/mol. The van der Waals surface area contributed by atoms with E-state index in [0.29, 0.717) is 0 Å². The highest BCUT2D eigenvalue weighted by atomic mass is 32.2. The lowest BCUT2D eigenvalue weighted by Gasteiger charge is -2.16. The van der Waals surface area contributed by atoms with Crippen molar-refractivity contribution >= 4 is 16.0 Å². The van der Waals surface area contributed by atoms with Crippen LogP contribution in [0.25, 0.3) is 0 Å². The molecule has 0 amide bonds. The molecule has 132 valence electrons. The van der Waals surface area contributed by atoms with Crippen molar-refractivity contribution < 1.29 is 27.1 Å². The second-order valence-electron chi connectivity index (χ2n) is 5.75. The van der Waals surface area contributed by atoms with Gasteiger partial charge in [-0.3, -0.25) is 9.48 Å². The molecular weight excluding hydrogens is 332 g/mol. The largest absolute Gasteiger partial charge is 0.481 e. The molecular formula is C13H21F2N3O4S. The van der Waals surface area contributed by atoms with E-state index in [1.807, 2.05) is 13.8 Å². The Balaban J connectivity index is 3.07. The van der Waals surface area contributed by atoms with Crippen LogP contribution in [0.5, 0.6) is 0 Å². The first-order valence-corrected chi connectivity index (χ1v) is 8.49. The quantitative estimate of drug-likeness (QED) is 0.741. The molecule has 0 radical (unpaired) electrons. The van der Waals surface area contributed by atoms with Gasteiger partial charge in [0.25, 0.3) is 16.4 Å². The van der Waals surface area contributed by atoms with E-state index in [1.165, 1.54) is 14.0 Å². The normalized spacial score (nSPS) is 13.7. The summed E-state index contributed by atoms with van der Waals surface area (Å²) < 4.78 is 53.8. The van der Waals surface area contributed by atoms with E-state index in [2.05, 4.69) is 9.82 Å². The molecule has 0 aliphatic rings. The van der Waals surface area contributed by atoms with Gasteiger partial charge in [0.1, 0.15) is 0 Å². The number of carboxylic acid groups (broad SMARTS) is 1. The predicted octanol–water partition coefficient (Wildman–Crippen LogP) is 1.69. The Labute approximate surface area is 133 Å². The van der Waals surface area contributed by atoms with E-state index in [9.17, 15) is 22.0 Å². The lowest BCUT2D eigenvalue weighted by atomic mass is 9.98. The zero-order valence-corrected chi connectivity index (χ0v) is 14.2. The van der Waals surface area contributed by atoms with Gasteiger partial charge in [-0.15, -0.1) is 0 Å². The summed E-state index contributed by atoms with van der Waals surface area (Å²) in [5, 5.41) is 12.2. The van der Waals surface area contributed by atoms with Gasteiger partial charge < -0.3 is 5.11 Å². The van der Waals surface area contributed by atoms with Gasteiger partial charge in [0.15, 0.2) is 5.03 Å². The molecule has 1 heterocycles. The molecule has 0 spiro atoms. The molecule has 7 nitrogen and oxygen atoms in total. The number of aromatic nitrogens is 2. The zero-order valence-electron chi connectivity index (χ0n) is 13.4. The first-order chi connectivity index (χ1) is 10.5. The van der Waals surface area contributed by atoms with Crippen molar-refractivity contribution in [1.29, 1.82) is 0 Å². The lowest BCUT2D eigenvalue weighted by molar-refractivity contribution is -0.142. The van der Waals surface area contributed by atoms with Crippen LogP contribution in [0.4, 0.5) is 8.78 Å². The Morgan fingerprint density at radius 1 is 1.39 bits per heavy atom. The van der Waals surface area contributed by atoms with E-state index >= 15 is 0 Å². The number of carboxylic acids is 1. The van der Waals surface area contributed by atoms with Gasteiger partial charge in [-0.25, -0.2) is 21.9 Å². The van der Waals surface area contributed by atoms with E-state index < -0.39 is 38.9 Å². The lowest BCUT2D eigenvalue weighted by Crippen LogP contribution is -2.35. The van der Waals surface area contributed by atoms with Gasteiger partial charge in [-0.05, 0) is 19.3 Å². The van der Waals surface area contributed by atoms with Gasteiger partial charge in [0, 0.05) is 13.6 Å². The topological polar surface area (TPSA) is 101 Å². The summed E-state index contributed by atoms with van der Waals surface area (Å²) in [5.74, 6) is -2.03. The molecule has 0 aliphatic heterocycles. The van der Waals surface area contributed by atoms with Gasteiger partial charge in [0.05, 0.1) is 17.2 Å². The summed E-state index contributed by atoms with van der Waals surface area (Å²) in [7, 11) is -3.06. The fourth-order valence-corrected chi connectivity index (χ4v) is 3.81. The van der Waals surface area contributed by atoms with Crippen molar-refractivity contribution in [1.82, 2.24) is 14.5 Å². The number of nitrogens with zero attached hydrogens (tertiary/aromatic N) is 2. The molecule has 1 rings (SSSR count). The summed E-state index contributed by atoms with van der Waals surface area (Å²) in [5.41, 5.74) is -0.754. The minimum atomic E-state index is -4.30. The summed E-state index contributed by atoms with van der Waals surface area (Å²) in [4.78, 5) is 11.2. The number of rotatable bonds is 8. The van der Waals surface area contributed by atoms with Gasteiger partial charge >= 0.3 is 5.97 Å². The summed E-state index contributed by atoms with van der Waals surface area (Å²) in [6.07, 6.45) is -2.73. The number of alkyl halides is 2. The van der Waals surface area contributed by atoms with Crippen LogP contribution in [0, 0.1) is 18.8 Å². The van der Waals surface area contributed by atoms with Gasteiger partial charge in [0.2, 0.25) is 0 Å². The number of aliphatic carboxylic acids is 1. The molecule has 1 unspecified atom stereocenters. The second-order valence-corrected chi connectivity index (χ2v) is 7.43. The van der Waals surface area contributed by atoms with Crippen LogP contribution in [-0.2, 0) is 21.9 Å². The highest BCUT2D eigenvalue weighted by Gasteiger charge is 2.31. The third kappa shape index (κ3) is 4.71. The third-order valence-electron chi connectivity index (χ3n) is 3.31. The molecule has 0 saturated heterocycles. The Bertz CT molecular complexity index is 671. The van der Waals surface area contributed by atoms with Crippen LogP contribution in [0.2, 0.25) is 0 Å². The number of hydrogen-bond donors (Lipinski definition) is 2. The van der Waals surface area contributed by atoms with E-state index in [1.54, 1.807) is 0 Å². The maximum atomic E-state index is 13.1. The second kappa shape index (κ2) is 7.35. The minimum absolute atomic E-state index is 0.0520. The van der Waals surface area contributed by atoms with E-state index in [4.69, 9.17) is 5.11 Å². The molecule has 0 aromatic carbocycles. The van der Waals surface area contributed by atoms with Gasteiger partial charge in [-0.2, -0.15) is 5.10 Å². The van der Waals surface area contributed by atoms with Crippen molar-refractivity contribution in [2.75, 3.05) is 6.54 Å². The summed E-state index contributed by atoms with van der Waals surface area (Å²) >= 11 is 0. The zero-order chi connectivity index (χ0) is 17.9. The van der Waals surface area contributed by atoms with Crippen molar-refractivity contribution in [3.63, 3.8) is 0 Å². The van der Waals surface area contributed by atoms with Crippen molar-refractivity contribution in [3.8, 4) is 0 Å². The number of nitrogens with one attached hydrogen (secondary N) is 1. The van der Waals surface area contributed by atoms with Crippen molar-refractivity contribution in [2.45, 2.75) is 38.6 Å². The Kier molecular flexibility index (Phi) is 6.23. The van der Waals surface area contributed by atoms with Crippen molar-refractivity contribution in [3.05, 3.63) is 11.3 Å². The highest BCUT2D eigenvalue weighted by molar-refractivity contribution is 7.89. The monoisotopic (exact) mass is 353 g/mol. The number of carbonyl (C=O) groups is 1. The highest BCUT2D eigenvalue weighted by Crippen LogP contribution is 2.29. The average molecular weight is 353 g/mol. The van der Waals surface area contributed by atoms with E-state index in [0.717, 1.165) is 4.68 Å². The first kappa shape index (κ1) is 19.5. The van der Waals surface area contributed by atoms with E-state index in [-0.39, 0.29) is 24.6 Å². The standard InChI is InChI=1S/C13H21F2N3O4S/c1-7(2)5-9(13(19)20)6-16-23(21,22)12-10(11(14)15)8(3)17-18(12)4/h7,9,11,16H,5-6H2,1-4H3,(H,19,20). The van der Waals surface area contributed by atoms with Crippen LogP contribution in [0.3, 0.4) is 0 Å². The first-order valence-electron chi connectivity index (χ1n) is 7.01. The van der Waals surface area contributed by atoms with Crippen LogP contribution in [-0.4, -0.2) is 35.8 Å². The van der Waals surface area contributed by atoms with Gasteiger partial charge in [-0.1, -0.05) is 13.8 Å². The average Bonchev–Trinajstić information content (AvgIpc) is 2.69. The van der Waals surface area contributed by atoms with Crippen LogP contribution >= 0.6 is 0 Å². The maximum Gasteiger partial charge on any atom is 0.307 e. The number of sulfonamides is 1. The Hall–Kier alpha value is -1.55. The fraction of sp³-hybridized carbons (Fsp3) is 0.692. The molecule has 10 heteroatoms. The molecule has 1 aromatic heterocycles. The summed E-state index contributed by atoms with van der Waals surface area (Å²) in [6, 6.07) is 0. The molecule has 1 aromatic rings. The van der Waals surface area contributed by atoms with Crippen molar-refractivity contribution in [2.24, 2.45) is 18.9 Å². The number of aryl methyl sites for hydroxylation is 2. The molecule has 0 fully saturated rings. The van der Waals surface area contributed by atoms with Crippen LogP contribution in [0.15, 0.2) is 5.03 Å². The Morgan fingerprint density at radius 2 is 1.96 bits per heavy atom. The maximum absolute atomic E-state index is 13.1. The molecule has 0 saturated carbocycles. The third-order valence-corrected chi connectivity index (χ3v) is 4.85. The molecule has 0 aliphatic carbocycles. The van der Waals surface area contributed by atoms with Crippen LogP contribution in [0.1, 0.15) is 38.0 Å². The minimum Gasteiger partial charge on any atom is -0.481 e. The SMILES string of the molecule is Cc1nn(C)c(S(=O)(=O)NCC(CC(C)C)C(=O)O)c1C(F)F. The molecule has 23 heavy (non-hydrogen) atoms.